The van der Waals surface area contributed by atoms with Crippen LogP contribution < -0.4 is 15.4 Å². The monoisotopic (exact) mass is 427 g/mol. The number of para-hydroxylation sites is 1. The molecular weight excluding hydrogens is 405 g/mol. The second kappa shape index (κ2) is 8.81. The molecule has 0 amide bonds. The van der Waals surface area contributed by atoms with E-state index >= 15 is 0 Å². The maximum absolute atomic E-state index is 5.70. The van der Waals surface area contributed by atoms with Crippen molar-refractivity contribution < 1.29 is 9.15 Å². The standard InChI is InChI=1S/C17H21N3O2.HI/c1-18-17(19-10-13-6-8-21-12-13)20-11-14-7-9-22-16-5-3-2-4-15(14)16;/h2-6,8,12,14H,7,9-11H2,1H3,(H2,18,19,20);1H. The van der Waals surface area contributed by atoms with Crippen LogP contribution in [-0.4, -0.2) is 26.2 Å². The van der Waals surface area contributed by atoms with Crippen LogP contribution in [0.15, 0.2) is 52.3 Å². The van der Waals surface area contributed by atoms with E-state index in [4.69, 9.17) is 9.15 Å². The van der Waals surface area contributed by atoms with Crippen LogP contribution >= 0.6 is 24.0 Å². The van der Waals surface area contributed by atoms with Crippen molar-refractivity contribution in [2.24, 2.45) is 4.99 Å². The molecule has 0 saturated carbocycles. The summed E-state index contributed by atoms with van der Waals surface area (Å²) >= 11 is 0. The van der Waals surface area contributed by atoms with Crippen LogP contribution in [0, 0.1) is 0 Å². The van der Waals surface area contributed by atoms with Gasteiger partial charge in [0, 0.05) is 31.6 Å². The summed E-state index contributed by atoms with van der Waals surface area (Å²) in [5.41, 5.74) is 2.37. The number of furan rings is 1. The van der Waals surface area contributed by atoms with Crippen molar-refractivity contribution in [1.82, 2.24) is 10.6 Å². The number of guanidine groups is 1. The van der Waals surface area contributed by atoms with Crippen LogP contribution in [0.2, 0.25) is 0 Å². The zero-order valence-corrected chi connectivity index (χ0v) is 15.4. The molecule has 5 nitrogen and oxygen atoms in total. The van der Waals surface area contributed by atoms with E-state index in [1.54, 1.807) is 19.6 Å². The number of hydrogen-bond donors (Lipinski definition) is 2. The van der Waals surface area contributed by atoms with Gasteiger partial charge in [0.25, 0.3) is 0 Å². The summed E-state index contributed by atoms with van der Waals surface area (Å²) in [6, 6.07) is 10.2. The largest absolute Gasteiger partial charge is 0.493 e. The van der Waals surface area contributed by atoms with Gasteiger partial charge in [0.2, 0.25) is 0 Å². The van der Waals surface area contributed by atoms with Crippen LogP contribution in [0.3, 0.4) is 0 Å². The number of fused-ring (bicyclic) bond motifs is 1. The quantitative estimate of drug-likeness (QED) is 0.447. The molecule has 23 heavy (non-hydrogen) atoms. The van der Waals surface area contributed by atoms with Crippen LogP contribution in [-0.2, 0) is 6.54 Å². The van der Waals surface area contributed by atoms with Crippen LogP contribution in [0.4, 0.5) is 0 Å². The molecule has 124 valence electrons. The number of rotatable bonds is 4. The summed E-state index contributed by atoms with van der Waals surface area (Å²) in [4.78, 5) is 4.26. The van der Waals surface area contributed by atoms with Gasteiger partial charge in [-0.25, -0.2) is 0 Å². The Morgan fingerprint density at radius 2 is 2.13 bits per heavy atom. The molecule has 1 atom stereocenters. The molecule has 0 fully saturated rings. The van der Waals surface area contributed by atoms with E-state index in [2.05, 4.69) is 27.8 Å². The minimum Gasteiger partial charge on any atom is -0.493 e. The minimum atomic E-state index is 0. The Labute approximate surface area is 153 Å². The topological polar surface area (TPSA) is 58.8 Å². The average Bonchev–Trinajstić information content (AvgIpc) is 3.08. The predicted molar refractivity (Wildman–Crippen MR) is 102 cm³/mol. The second-order valence-electron chi connectivity index (χ2n) is 5.31. The first-order valence-corrected chi connectivity index (χ1v) is 7.54. The molecule has 2 aromatic rings. The average molecular weight is 427 g/mol. The summed E-state index contributed by atoms with van der Waals surface area (Å²) < 4.78 is 10.8. The van der Waals surface area contributed by atoms with Gasteiger partial charge in [-0.05, 0) is 24.1 Å². The van der Waals surface area contributed by atoms with Crippen LogP contribution in [0.25, 0.3) is 0 Å². The summed E-state index contributed by atoms with van der Waals surface area (Å²) in [5, 5.41) is 6.68. The molecule has 2 heterocycles. The highest BCUT2D eigenvalue weighted by atomic mass is 127. The zero-order chi connectivity index (χ0) is 15.2. The van der Waals surface area contributed by atoms with Crippen molar-refractivity contribution in [2.75, 3.05) is 20.2 Å². The molecule has 0 saturated heterocycles. The van der Waals surface area contributed by atoms with E-state index in [1.807, 2.05) is 18.2 Å². The number of ether oxygens (including phenoxy) is 1. The summed E-state index contributed by atoms with van der Waals surface area (Å²) in [7, 11) is 1.78. The highest BCUT2D eigenvalue weighted by Gasteiger charge is 2.20. The van der Waals surface area contributed by atoms with Gasteiger partial charge in [-0.3, -0.25) is 4.99 Å². The fourth-order valence-corrected chi connectivity index (χ4v) is 2.65. The van der Waals surface area contributed by atoms with Gasteiger partial charge in [0.1, 0.15) is 5.75 Å². The fourth-order valence-electron chi connectivity index (χ4n) is 2.65. The maximum atomic E-state index is 5.70. The molecule has 1 aromatic carbocycles. The lowest BCUT2D eigenvalue weighted by molar-refractivity contribution is 0.267. The van der Waals surface area contributed by atoms with E-state index in [1.165, 1.54) is 5.56 Å². The summed E-state index contributed by atoms with van der Waals surface area (Å²) in [5.74, 6) is 2.24. The molecule has 1 unspecified atom stereocenters. The molecular formula is C17H22IN3O2. The van der Waals surface area contributed by atoms with E-state index in [-0.39, 0.29) is 24.0 Å². The Bertz CT molecular complexity index is 629. The molecule has 1 aromatic heterocycles. The Morgan fingerprint density at radius 1 is 1.26 bits per heavy atom. The van der Waals surface area contributed by atoms with Gasteiger partial charge < -0.3 is 19.8 Å². The number of aliphatic imine (C=N–C) groups is 1. The highest BCUT2D eigenvalue weighted by molar-refractivity contribution is 14.0. The van der Waals surface area contributed by atoms with Gasteiger partial charge in [0.05, 0.1) is 19.1 Å². The molecule has 0 spiro atoms. The smallest absolute Gasteiger partial charge is 0.191 e. The first-order valence-electron chi connectivity index (χ1n) is 7.54. The lowest BCUT2D eigenvalue weighted by Gasteiger charge is -2.26. The maximum Gasteiger partial charge on any atom is 0.191 e. The summed E-state index contributed by atoms with van der Waals surface area (Å²) in [6.45, 7) is 2.30. The van der Waals surface area contributed by atoms with Crippen molar-refractivity contribution >= 4 is 29.9 Å². The van der Waals surface area contributed by atoms with Gasteiger partial charge in [-0.15, -0.1) is 24.0 Å². The number of benzene rings is 1. The van der Waals surface area contributed by atoms with Crippen molar-refractivity contribution in [3.63, 3.8) is 0 Å². The van der Waals surface area contributed by atoms with Gasteiger partial charge in [-0.2, -0.15) is 0 Å². The fraction of sp³-hybridized carbons (Fsp3) is 0.353. The van der Waals surface area contributed by atoms with E-state index in [9.17, 15) is 0 Å². The molecule has 2 N–H and O–H groups in total. The van der Waals surface area contributed by atoms with E-state index < -0.39 is 0 Å². The zero-order valence-electron chi connectivity index (χ0n) is 13.1. The molecule has 0 aliphatic carbocycles. The number of halogens is 1. The normalized spacial score (nSPS) is 16.7. The third-order valence-corrected chi connectivity index (χ3v) is 3.86. The Hall–Kier alpha value is -1.70. The predicted octanol–water partition coefficient (Wildman–Crippen LogP) is 3.13. The van der Waals surface area contributed by atoms with Crippen molar-refractivity contribution in [3.8, 4) is 5.75 Å². The van der Waals surface area contributed by atoms with Crippen molar-refractivity contribution in [3.05, 3.63) is 54.0 Å². The Kier molecular flexibility index (Phi) is 6.76. The first kappa shape index (κ1) is 17.7. The molecule has 3 rings (SSSR count). The molecule has 0 bridgehead atoms. The molecule has 1 aliphatic heterocycles. The Balaban J connectivity index is 0.00000192. The van der Waals surface area contributed by atoms with E-state index in [0.29, 0.717) is 12.5 Å². The van der Waals surface area contributed by atoms with Crippen LogP contribution in [0.5, 0.6) is 5.75 Å². The lowest BCUT2D eigenvalue weighted by atomic mass is 9.93. The number of nitrogens with one attached hydrogen (secondary N) is 2. The molecule has 6 heteroatoms. The molecule has 0 radical (unpaired) electrons. The van der Waals surface area contributed by atoms with Gasteiger partial charge >= 0.3 is 0 Å². The first-order chi connectivity index (χ1) is 10.9. The van der Waals surface area contributed by atoms with E-state index in [0.717, 1.165) is 36.8 Å². The number of nitrogens with zero attached hydrogens (tertiary/aromatic N) is 1. The van der Waals surface area contributed by atoms with Crippen LogP contribution in [0.1, 0.15) is 23.5 Å². The third-order valence-electron chi connectivity index (χ3n) is 3.86. The lowest BCUT2D eigenvalue weighted by Crippen LogP contribution is -2.39. The minimum absolute atomic E-state index is 0. The second-order valence-corrected chi connectivity index (χ2v) is 5.31. The van der Waals surface area contributed by atoms with Gasteiger partial charge in [0.15, 0.2) is 5.96 Å². The number of hydrogen-bond acceptors (Lipinski definition) is 3. The third kappa shape index (κ3) is 4.63. The molecule has 1 aliphatic rings. The Morgan fingerprint density at radius 3 is 2.91 bits per heavy atom. The highest BCUT2D eigenvalue weighted by Crippen LogP contribution is 2.32. The summed E-state index contributed by atoms with van der Waals surface area (Å²) in [6.07, 6.45) is 4.42. The van der Waals surface area contributed by atoms with Crippen molar-refractivity contribution in [1.29, 1.82) is 0 Å². The van der Waals surface area contributed by atoms with Gasteiger partial charge in [-0.1, -0.05) is 18.2 Å². The SMILES string of the molecule is CN=C(NCc1ccoc1)NCC1CCOc2ccccc21.I. The van der Waals surface area contributed by atoms with Crippen molar-refractivity contribution in [2.45, 2.75) is 18.9 Å².